The van der Waals surface area contributed by atoms with Gasteiger partial charge in [-0.3, -0.25) is 4.99 Å². The zero-order chi connectivity index (χ0) is 29.2. The van der Waals surface area contributed by atoms with Gasteiger partial charge in [0.25, 0.3) is 0 Å². The molecule has 3 N–H and O–H groups in total. The molecular formula is C32H34N5O4+. The van der Waals surface area contributed by atoms with E-state index in [9.17, 15) is 19.5 Å². The number of benzodiazepines with no additional fused rings is 1. The number of carbonyl (C=O) groups is 2. The van der Waals surface area contributed by atoms with Crippen LogP contribution in [0.15, 0.2) is 84.0 Å². The third kappa shape index (κ3) is 5.24. The Bertz CT molecular complexity index is 1560. The summed E-state index contributed by atoms with van der Waals surface area (Å²) in [6.07, 6.45) is 0.571. The Labute approximate surface area is 239 Å². The van der Waals surface area contributed by atoms with E-state index in [0.717, 1.165) is 16.7 Å². The molecule has 3 amide bonds. The number of para-hydroxylation sites is 1. The number of quaternary nitrogens is 1. The summed E-state index contributed by atoms with van der Waals surface area (Å²) in [6, 6.07) is 21.8. The molecule has 2 aliphatic heterocycles. The van der Waals surface area contributed by atoms with E-state index < -0.39 is 28.3 Å². The fourth-order valence-corrected chi connectivity index (χ4v) is 5.91. The summed E-state index contributed by atoms with van der Waals surface area (Å²) in [7, 11) is 0. The maximum absolute atomic E-state index is 14.6. The van der Waals surface area contributed by atoms with E-state index in [4.69, 9.17) is 0 Å². The number of urea groups is 1. The Morgan fingerprint density at radius 2 is 1.76 bits per heavy atom. The lowest BCUT2D eigenvalue weighted by atomic mass is 9.85. The summed E-state index contributed by atoms with van der Waals surface area (Å²) in [5.74, 6) is 1.36. The smallest absolute Gasteiger partial charge is 0.385 e. The Morgan fingerprint density at radius 3 is 2.44 bits per heavy atom. The highest BCUT2D eigenvalue weighted by molar-refractivity contribution is 6.11. The number of fused-ring (bicyclic) bond motifs is 1. The third-order valence-electron chi connectivity index (χ3n) is 7.97. The van der Waals surface area contributed by atoms with Gasteiger partial charge in [-0.2, -0.15) is 0 Å². The number of piperidine rings is 1. The van der Waals surface area contributed by atoms with Gasteiger partial charge in [-0.1, -0.05) is 54.6 Å². The van der Waals surface area contributed by atoms with Crippen molar-refractivity contribution >= 4 is 35.0 Å². The molecule has 9 heteroatoms. The number of amides is 3. The second-order valence-corrected chi connectivity index (χ2v) is 10.7. The molecule has 41 heavy (non-hydrogen) atoms. The quantitative estimate of drug-likeness (QED) is 0.322. The Kier molecular flexibility index (Phi) is 7.71. The van der Waals surface area contributed by atoms with E-state index in [1.807, 2.05) is 91.5 Å². The molecule has 2 aliphatic rings. The predicted molar refractivity (Wildman–Crippen MR) is 159 cm³/mol. The minimum Gasteiger partial charge on any atom is -0.385 e. The van der Waals surface area contributed by atoms with Crippen LogP contribution in [-0.2, 0) is 15.2 Å². The van der Waals surface area contributed by atoms with Crippen LogP contribution >= 0.6 is 0 Å². The van der Waals surface area contributed by atoms with Crippen molar-refractivity contribution in [3.05, 3.63) is 101 Å². The number of benzene rings is 3. The van der Waals surface area contributed by atoms with Gasteiger partial charge in [0.05, 0.1) is 24.3 Å². The van der Waals surface area contributed by atoms with Gasteiger partial charge < -0.3 is 15.7 Å². The molecule has 0 radical (unpaired) electrons. The first kappa shape index (κ1) is 28.1. The average molecular weight is 553 g/mol. The summed E-state index contributed by atoms with van der Waals surface area (Å²) in [6.45, 7) is 6.18. The lowest BCUT2D eigenvalue weighted by Gasteiger charge is -2.46. The SMILES string of the molecule is CC1=NC(NC(=O)Nc2cccc(C)c2)C(=O)[N+](C=C=O)(N2CCC(O)(c3ccccc3)CC2)c2c(C)cccc21. The molecule has 0 saturated carbocycles. The monoisotopic (exact) mass is 552 g/mol. The summed E-state index contributed by atoms with van der Waals surface area (Å²) >= 11 is 0. The number of nitrogens with one attached hydrogen (secondary N) is 2. The molecule has 1 saturated heterocycles. The summed E-state index contributed by atoms with van der Waals surface area (Å²) in [5.41, 5.74) is 3.89. The first-order valence-corrected chi connectivity index (χ1v) is 13.7. The third-order valence-corrected chi connectivity index (χ3v) is 7.97. The van der Waals surface area contributed by atoms with Crippen LogP contribution < -0.4 is 15.2 Å². The number of hydrogen-bond donors (Lipinski definition) is 3. The normalized spacial score (nSPS) is 22.0. The number of nitrogens with zero attached hydrogens (tertiary/aromatic N) is 3. The predicted octanol–water partition coefficient (Wildman–Crippen LogP) is 4.35. The minimum absolute atomic E-state index is 0.296. The average Bonchev–Trinajstić information content (AvgIpc) is 3.04. The van der Waals surface area contributed by atoms with Gasteiger partial charge in [-0.25, -0.2) is 14.4 Å². The highest BCUT2D eigenvalue weighted by Gasteiger charge is 2.55. The van der Waals surface area contributed by atoms with Crippen molar-refractivity contribution in [2.45, 2.75) is 45.4 Å². The molecule has 210 valence electrons. The van der Waals surface area contributed by atoms with Crippen LogP contribution in [0.5, 0.6) is 0 Å². The largest absolute Gasteiger partial charge is 0.388 e. The number of anilines is 1. The molecule has 2 atom stereocenters. The van der Waals surface area contributed by atoms with Gasteiger partial charge in [0.15, 0.2) is 11.6 Å². The van der Waals surface area contributed by atoms with Crippen molar-refractivity contribution in [1.29, 1.82) is 0 Å². The van der Waals surface area contributed by atoms with Gasteiger partial charge in [0.2, 0.25) is 12.4 Å². The van der Waals surface area contributed by atoms with Crippen LogP contribution in [0.2, 0.25) is 0 Å². The Morgan fingerprint density at radius 1 is 1.05 bits per heavy atom. The van der Waals surface area contributed by atoms with Gasteiger partial charge in [-0.15, -0.1) is 9.60 Å². The topological polar surface area (TPSA) is 111 Å². The van der Waals surface area contributed by atoms with E-state index >= 15 is 0 Å². The van der Waals surface area contributed by atoms with Crippen molar-refractivity contribution in [1.82, 2.24) is 14.9 Å². The number of carbonyl (C=O) groups excluding carboxylic acids is 3. The van der Waals surface area contributed by atoms with E-state index in [-0.39, 0.29) is 0 Å². The Balaban J connectivity index is 1.54. The molecule has 0 aromatic heterocycles. The lowest BCUT2D eigenvalue weighted by Crippen LogP contribution is -2.68. The molecule has 9 nitrogen and oxygen atoms in total. The zero-order valence-corrected chi connectivity index (χ0v) is 23.4. The molecule has 3 aromatic rings. The van der Waals surface area contributed by atoms with E-state index in [0.29, 0.717) is 48.6 Å². The lowest BCUT2D eigenvalue weighted by molar-refractivity contribution is -0.149. The van der Waals surface area contributed by atoms with Gasteiger partial charge >= 0.3 is 11.9 Å². The molecule has 2 unspecified atom stereocenters. The summed E-state index contributed by atoms with van der Waals surface area (Å²) in [4.78, 5) is 44.5. The van der Waals surface area contributed by atoms with Crippen molar-refractivity contribution < 1.29 is 19.5 Å². The number of aliphatic hydroxyl groups is 1. The highest BCUT2D eigenvalue weighted by Crippen LogP contribution is 2.41. The second kappa shape index (κ2) is 11.2. The molecule has 0 spiro atoms. The summed E-state index contributed by atoms with van der Waals surface area (Å²) < 4.78 is -0.605. The fraction of sp³-hybridized carbons (Fsp3) is 0.281. The van der Waals surface area contributed by atoms with Gasteiger partial charge in [-0.05, 0) is 62.9 Å². The maximum Gasteiger partial charge on any atom is 0.388 e. The number of rotatable bonds is 5. The molecule has 3 aromatic carbocycles. The van der Waals surface area contributed by atoms with Gasteiger partial charge in [0, 0.05) is 17.0 Å². The van der Waals surface area contributed by atoms with E-state index in [1.54, 1.807) is 13.0 Å². The van der Waals surface area contributed by atoms with Crippen LogP contribution in [0.4, 0.5) is 16.2 Å². The number of aryl methyl sites for hydroxylation is 2. The molecule has 5 rings (SSSR count). The number of hydrogen-bond acceptors (Lipinski definition) is 6. The first-order chi connectivity index (χ1) is 19.7. The molecule has 2 heterocycles. The van der Waals surface area contributed by atoms with Crippen molar-refractivity contribution in [3.63, 3.8) is 0 Å². The number of aliphatic imine (C=N–C) groups is 1. The van der Waals surface area contributed by atoms with Crippen LogP contribution in [0.3, 0.4) is 0 Å². The fourth-order valence-electron chi connectivity index (χ4n) is 5.91. The molecule has 0 bridgehead atoms. The molecule has 0 aliphatic carbocycles. The minimum atomic E-state index is -1.30. The molecule has 1 fully saturated rings. The highest BCUT2D eigenvalue weighted by atomic mass is 16.3. The molecular weight excluding hydrogens is 518 g/mol. The van der Waals surface area contributed by atoms with Crippen LogP contribution in [0, 0.1) is 13.8 Å². The maximum atomic E-state index is 14.6. The van der Waals surface area contributed by atoms with Gasteiger partial charge in [0.1, 0.15) is 0 Å². The van der Waals surface area contributed by atoms with E-state index in [1.165, 1.54) is 6.20 Å². The van der Waals surface area contributed by atoms with Crippen molar-refractivity contribution in [2.24, 2.45) is 4.99 Å². The standard InChI is InChI=1S/C32H33N5O4/c1-22-9-7-13-26(21-22)34-31(40)35-29-30(39)37(19-20-38,28-23(2)10-8-14-27(28)24(3)33-29)36-17-15-32(41,16-18-36)25-11-5-4-6-12-25/h4-14,19,21,29,41H,15-18H2,1-3H3,(H-,34,35,40)/p+1. The van der Waals surface area contributed by atoms with Crippen LogP contribution in [0.25, 0.3) is 0 Å². The summed E-state index contributed by atoms with van der Waals surface area (Å²) in [5, 5.41) is 18.9. The second-order valence-electron chi connectivity index (χ2n) is 10.7. The van der Waals surface area contributed by atoms with Crippen LogP contribution in [-0.4, -0.2) is 53.0 Å². The van der Waals surface area contributed by atoms with E-state index in [2.05, 4.69) is 15.6 Å². The van der Waals surface area contributed by atoms with Crippen molar-refractivity contribution in [3.8, 4) is 0 Å². The Hall–Kier alpha value is -4.40. The first-order valence-electron chi connectivity index (χ1n) is 13.7. The van der Waals surface area contributed by atoms with Crippen molar-refractivity contribution in [2.75, 3.05) is 18.4 Å². The van der Waals surface area contributed by atoms with Crippen LogP contribution in [0.1, 0.15) is 42.0 Å². The zero-order valence-electron chi connectivity index (χ0n) is 23.4.